The molecular weight excluding hydrogens is 230 g/mol. The van der Waals surface area contributed by atoms with E-state index in [9.17, 15) is 9.90 Å². The number of rotatable bonds is 4. The molecule has 1 aromatic heterocycles. The summed E-state index contributed by atoms with van der Waals surface area (Å²) < 4.78 is 0. The van der Waals surface area contributed by atoms with E-state index in [0.29, 0.717) is 25.3 Å². The van der Waals surface area contributed by atoms with Gasteiger partial charge in [0.05, 0.1) is 5.41 Å². The zero-order valence-electron chi connectivity index (χ0n) is 10.9. The fourth-order valence-electron chi connectivity index (χ4n) is 2.60. The first-order valence-electron chi connectivity index (χ1n) is 6.35. The molecule has 0 saturated carbocycles. The average molecular weight is 249 g/mol. The van der Waals surface area contributed by atoms with E-state index >= 15 is 0 Å². The third kappa shape index (κ3) is 2.30. The average Bonchev–Trinajstić information content (AvgIpc) is 2.75. The van der Waals surface area contributed by atoms with Crippen LogP contribution in [0.15, 0.2) is 12.3 Å². The summed E-state index contributed by atoms with van der Waals surface area (Å²) in [6, 6.07) is 1.84. The van der Waals surface area contributed by atoms with Crippen molar-refractivity contribution in [2.45, 2.75) is 33.1 Å². The van der Waals surface area contributed by atoms with Crippen molar-refractivity contribution in [1.82, 2.24) is 9.97 Å². The molecule has 2 rings (SSSR count). The number of anilines is 1. The number of carboxylic acids is 1. The Morgan fingerprint density at radius 2 is 2.39 bits per heavy atom. The van der Waals surface area contributed by atoms with Gasteiger partial charge in [-0.2, -0.15) is 0 Å². The molecule has 1 atom stereocenters. The lowest BCUT2D eigenvalue weighted by atomic mass is 9.83. The van der Waals surface area contributed by atoms with Gasteiger partial charge in [0.25, 0.3) is 0 Å². The summed E-state index contributed by atoms with van der Waals surface area (Å²) >= 11 is 0. The topological polar surface area (TPSA) is 66.3 Å². The molecule has 1 fully saturated rings. The summed E-state index contributed by atoms with van der Waals surface area (Å²) in [5, 5.41) is 9.45. The Morgan fingerprint density at radius 1 is 1.61 bits per heavy atom. The minimum atomic E-state index is -0.695. The molecule has 0 aliphatic carbocycles. The summed E-state index contributed by atoms with van der Waals surface area (Å²) in [7, 11) is 0. The van der Waals surface area contributed by atoms with Gasteiger partial charge in [-0.1, -0.05) is 13.3 Å². The predicted octanol–water partition coefficient (Wildman–Crippen LogP) is 1.87. The molecule has 18 heavy (non-hydrogen) atoms. The van der Waals surface area contributed by atoms with Crippen LogP contribution in [0.5, 0.6) is 0 Å². The van der Waals surface area contributed by atoms with Crippen LogP contribution in [0.1, 0.15) is 31.9 Å². The Labute approximate surface area is 107 Å². The van der Waals surface area contributed by atoms with Crippen LogP contribution in [0.2, 0.25) is 0 Å². The van der Waals surface area contributed by atoms with Crippen LogP contribution in [0, 0.1) is 12.3 Å². The number of aryl methyl sites for hydroxylation is 1. The molecule has 1 unspecified atom stereocenters. The van der Waals surface area contributed by atoms with Gasteiger partial charge in [-0.3, -0.25) is 4.79 Å². The van der Waals surface area contributed by atoms with E-state index < -0.39 is 11.4 Å². The lowest BCUT2D eigenvalue weighted by molar-refractivity contribution is -0.148. The van der Waals surface area contributed by atoms with Gasteiger partial charge in [0.2, 0.25) is 5.95 Å². The quantitative estimate of drug-likeness (QED) is 0.882. The Hall–Kier alpha value is -1.65. The first kappa shape index (κ1) is 12.8. The summed E-state index contributed by atoms with van der Waals surface area (Å²) in [5.74, 6) is -0.0475. The standard InChI is InChI=1S/C13H19N3O2/c1-3-5-13(11(17)18)6-8-16(9-13)12-14-7-4-10(2)15-12/h4,7H,3,5-6,8-9H2,1-2H3,(H,17,18). The molecule has 1 saturated heterocycles. The van der Waals surface area contributed by atoms with E-state index in [1.54, 1.807) is 6.20 Å². The lowest BCUT2D eigenvalue weighted by Gasteiger charge is -2.24. The van der Waals surface area contributed by atoms with Crippen molar-refractivity contribution in [3.8, 4) is 0 Å². The molecule has 1 aliphatic rings. The van der Waals surface area contributed by atoms with Crippen LogP contribution in [-0.4, -0.2) is 34.1 Å². The van der Waals surface area contributed by atoms with Crippen LogP contribution in [0.4, 0.5) is 5.95 Å². The van der Waals surface area contributed by atoms with Crippen molar-refractivity contribution < 1.29 is 9.90 Å². The molecule has 0 amide bonds. The Balaban J connectivity index is 2.18. The van der Waals surface area contributed by atoms with Crippen molar-refractivity contribution in [3.63, 3.8) is 0 Å². The van der Waals surface area contributed by atoms with Crippen LogP contribution < -0.4 is 4.90 Å². The van der Waals surface area contributed by atoms with Crippen molar-refractivity contribution in [3.05, 3.63) is 18.0 Å². The van der Waals surface area contributed by atoms with Crippen LogP contribution in [-0.2, 0) is 4.79 Å². The lowest BCUT2D eigenvalue weighted by Crippen LogP contribution is -2.35. The number of nitrogens with zero attached hydrogens (tertiary/aromatic N) is 3. The Morgan fingerprint density at radius 3 is 3.00 bits per heavy atom. The first-order chi connectivity index (χ1) is 8.57. The molecule has 0 aromatic carbocycles. The first-order valence-corrected chi connectivity index (χ1v) is 6.35. The summed E-state index contributed by atoms with van der Waals surface area (Å²) in [4.78, 5) is 22.1. The van der Waals surface area contributed by atoms with E-state index in [-0.39, 0.29) is 0 Å². The second-order valence-electron chi connectivity index (χ2n) is 5.01. The number of carboxylic acid groups (broad SMARTS) is 1. The molecule has 5 heteroatoms. The van der Waals surface area contributed by atoms with E-state index in [1.165, 1.54) is 0 Å². The number of aromatic nitrogens is 2. The minimum absolute atomic E-state index is 0.514. The summed E-state index contributed by atoms with van der Waals surface area (Å²) in [5.41, 5.74) is 0.283. The molecular formula is C13H19N3O2. The van der Waals surface area contributed by atoms with E-state index in [2.05, 4.69) is 9.97 Å². The SMILES string of the molecule is CCCC1(C(=O)O)CCN(c2nccc(C)n2)C1. The van der Waals surface area contributed by atoms with Gasteiger partial charge >= 0.3 is 5.97 Å². The highest BCUT2D eigenvalue weighted by Crippen LogP contribution is 2.36. The molecule has 0 bridgehead atoms. The highest BCUT2D eigenvalue weighted by atomic mass is 16.4. The van der Waals surface area contributed by atoms with Crippen LogP contribution in [0.3, 0.4) is 0 Å². The smallest absolute Gasteiger partial charge is 0.311 e. The van der Waals surface area contributed by atoms with Gasteiger partial charge in [-0.25, -0.2) is 9.97 Å². The second-order valence-corrected chi connectivity index (χ2v) is 5.01. The van der Waals surface area contributed by atoms with Gasteiger partial charge in [0.1, 0.15) is 0 Å². The van der Waals surface area contributed by atoms with E-state index in [1.807, 2.05) is 24.8 Å². The second kappa shape index (κ2) is 4.92. The molecule has 1 aromatic rings. The van der Waals surface area contributed by atoms with Gasteiger partial charge in [0, 0.05) is 25.0 Å². The van der Waals surface area contributed by atoms with Gasteiger partial charge in [-0.05, 0) is 25.8 Å². The molecule has 1 aliphatic heterocycles. The van der Waals surface area contributed by atoms with Gasteiger partial charge < -0.3 is 10.0 Å². The van der Waals surface area contributed by atoms with E-state index in [0.717, 1.165) is 18.7 Å². The maximum absolute atomic E-state index is 11.5. The van der Waals surface area contributed by atoms with Crippen molar-refractivity contribution in [2.75, 3.05) is 18.0 Å². The highest BCUT2D eigenvalue weighted by molar-refractivity contribution is 5.76. The number of carbonyl (C=O) groups is 1. The highest BCUT2D eigenvalue weighted by Gasteiger charge is 2.44. The van der Waals surface area contributed by atoms with Gasteiger partial charge in [0.15, 0.2) is 0 Å². The van der Waals surface area contributed by atoms with Crippen LogP contribution in [0.25, 0.3) is 0 Å². The molecule has 0 spiro atoms. The van der Waals surface area contributed by atoms with E-state index in [4.69, 9.17) is 0 Å². The predicted molar refractivity (Wildman–Crippen MR) is 68.6 cm³/mol. The molecule has 1 N–H and O–H groups in total. The Kier molecular flexibility index (Phi) is 3.50. The largest absolute Gasteiger partial charge is 0.481 e. The van der Waals surface area contributed by atoms with Crippen molar-refractivity contribution >= 4 is 11.9 Å². The van der Waals surface area contributed by atoms with Crippen LogP contribution >= 0.6 is 0 Å². The maximum atomic E-state index is 11.5. The zero-order valence-corrected chi connectivity index (χ0v) is 10.9. The summed E-state index contributed by atoms with van der Waals surface area (Å²) in [6.45, 7) is 5.17. The fraction of sp³-hybridized carbons (Fsp3) is 0.615. The molecule has 98 valence electrons. The normalized spacial score (nSPS) is 23.3. The molecule has 2 heterocycles. The number of hydrogen-bond donors (Lipinski definition) is 1. The molecule has 0 radical (unpaired) electrons. The summed E-state index contributed by atoms with van der Waals surface area (Å²) in [6.07, 6.45) is 3.99. The number of aliphatic carboxylic acids is 1. The third-order valence-electron chi connectivity index (χ3n) is 3.60. The van der Waals surface area contributed by atoms with Crippen molar-refractivity contribution in [2.24, 2.45) is 5.41 Å². The maximum Gasteiger partial charge on any atom is 0.311 e. The minimum Gasteiger partial charge on any atom is -0.481 e. The zero-order chi connectivity index (χ0) is 13.2. The number of hydrogen-bond acceptors (Lipinski definition) is 4. The van der Waals surface area contributed by atoms with Gasteiger partial charge in [-0.15, -0.1) is 0 Å². The van der Waals surface area contributed by atoms with Crippen molar-refractivity contribution in [1.29, 1.82) is 0 Å². The fourth-order valence-corrected chi connectivity index (χ4v) is 2.60. The Bertz CT molecular complexity index is 450. The monoisotopic (exact) mass is 249 g/mol. The molecule has 5 nitrogen and oxygen atoms in total. The third-order valence-corrected chi connectivity index (χ3v) is 3.60.